The van der Waals surface area contributed by atoms with E-state index in [0.29, 0.717) is 5.02 Å². The number of carbonyl (C=O) groups excluding carboxylic acids is 3. The van der Waals surface area contributed by atoms with Crippen LogP contribution in [-0.4, -0.2) is 46.6 Å². The Balaban J connectivity index is 1.67. The van der Waals surface area contributed by atoms with E-state index in [1.165, 1.54) is 24.4 Å². The number of anilines is 1. The zero-order valence-corrected chi connectivity index (χ0v) is 20.0. The lowest BCUT2D eigenvalue weighted by atomic mass is 10.1. The smallest absolute Gasteiger partial charge is 0.281 e. The van der Waals surface area contributed by atoms with E-state index >= 15 is 0 Å². The van der Waals surface area contributed by atoms with Crippen molar-refractivity contribution in [3.8, 4) is 0 Å². The molecule has 8 nitrogen and oxygen atoms in total. The average Bonchev–Trinajstić information content (AvgIpc) is 3.23. The Morgan fingerprint density at radius 3 is 2.32 bits per heavy atom. The molecule has 4 rings (SSSR count). The normalized spacial score (nSPS) is 14.0. The molecule has 1 fully saturated rings. The fourth-order valence-corrected chi connectivity index (χ4v) is 4.35. The van der Waals surface area contributed by atoms with E-state index < -0.39 is 17.7 Å². The summed E-state index contributed by atoms with van der Waals surface area (Å²) >= 11 is 18.3. The molecule has 0 radical (unpaired) electrons. The van der Waals surface area contributed by atoms with Crippen LogP contribution in [0.2, 0.25) is 15.1 Å². The summed E-state index contributed by atoms with van der Waals surface area (Å²) in [6, 6.07) is 10.9. The number of benzene rings is 2. The van der Waals surface area contributed by atoms with Crippen molar-refractivity contribution >= 4 is 58.2 Å². The van der Waals surface area contributed by atoms with Gasteiger partial charge in [0, 0.05) is 16.6 Å². The van der Waals surface area contributed by atoms with Crippen molar-refractivity contribution in [1.29, 1.82) is 0 Å². The maximum atomic E-state index is 13.1. The molecule has 0 aliphatic carbocycles. The first-order chi connectivity index (χ1) is 16.3. The van der Waals surface area contributed by atoms with E-state index in [-0.39, 0.29) is 38.6 Å². The molecule has 176 valence electrons. The Hall–Kier alpha value is -2.91. The Morgan fingerprint density at radius 2 is 1.65 bits per heavy atom. The second kappa shape index (κ2) is 10.6. The van der Waals surface area contributed by atoms with Gasteiger partial charge in [0.25, 0.3) is 17.7 Å². The molecule has 2 heterocycles. The van der Waals surface area contributed by atoms with Gasteiger partial charge >= 0.3 is 0 Å². The maximum absolute atomic E-state index is 13.1. The second-order valence-electron chi connectivity index (χ2n) is 7.70. The highest BCUT2D eigenvalue weighted by Gasteiger charge is 2.26. The highest BCUT2D eigenvalue weighted by molar-refractivity contribution is 6.39. The Labute approximate surface area is 210 Å². The number of hydrogen-bond donors (Lipinski definition) is 3. The molecule has 1 aliphatic heterocycles. The summed E-state index contributed by atoms with van der Waals surface area (Å²) in [6.07, 6.45) is 2.78. The molecule has 0 spiro atoms. The Bertz CT molecular complexity index is 1230. The van der Waals surface area contributed by atoms with Crippen molar-refractivity contribution in [1.82, 2.24) is 20.4 Å². The summed E-state index contributed by atoms with van der Waals surface area (Å²) in [5, 5.41) is 13.6. The SMILES string of the molecule is O=C(Nc1cn(C(=O)c2c(Cl)cccc2Cl)nc1C(=O)NC1CCNCC1)c1cccc(Cl)c1. The number of piperidine rings is 1. The van der Waals surface area contributed by atoms with Crippen molar-refractivity contribution in [2.75, 3.05) is 18.4 Å². The first-order valence-electron chi connectivity index (χ1n) is 10.5. The second-order valence-corrected chi connectivity index (χ2v) is 8.95. The standard InChI is InChI=1S/C23H20Cl3N5O3/c24-14-4-1-3-13(11-14)21(32)29-18-12-31(23(34)19-16(25)5-2-6-17(19)26)30-20(18)22(33)28-15-7-9-27-10-8-15/h1-6,11-12,15,27H,7-10H2,(H,28,33)(H,29,32). The third-order valence-electron chi connectivity index (χ3n) is 5.32. The van der Waals surface area contributed by atoms with E-state index in [9.17, 15) is 14.4 Å². The molecule has 1 aliphatic rings. The quantitative estimate of drug-likeness (QED) is 0.466. The van der Waals surface area contributed by atoms with Crippen molar-refractivity contribution in [2.45, 2.75) is 18.9 Å². The van der Waals surface area contributed by atoms with Crippen molar-refractivity contribution in [2.24, 2.45) is 0 Å². The van der Waals surface area contributed by atoms with Gasteiger partial charge in [-0.1, -0.05) is 46.9 Å². The van der Waals surface area contributed by atoms with Crippen LogP contribution in [0.15, 0.2) is 48.7 Å². The summed E-state index contributed by atoms with van der Waals surface area (Å²) in [6.45, 7) is 1.56. The van der Waals surface area contributed by atoms with Crippen LogP contribution in [0.1, 0.15) is 44.0 Å². The average molecular weight is 521 g/mol. The molecule has 11 heteroatoms. The van der Waals surface area contributed by atoms with Crippen LogP contribution in [0, 0.1) is 0 Å². The molecular weight excluding hydrogens is 501 g/mol. The highest BCUT2D eigenvalue weighted by Crippen LogP contribution is 2.26. The zero-order chi connectivity index (χ0) is 24.2. The lowest BCUT2D eigenvalue weighted by Gasteiger charge is -2.23. The molecule has 0 bridgehead atoms. The van der Waals surface area contributed by atoms with E-state index in [1.807, 2.05) is 0 Å². The maximum Gasteiger partial charge on any atom is 0.281 e. The van der Waals surface area contributed by atoms with Crippen LogP contribution in [-0.2, 0) is 0 Å². The van der Waals surface area contributed by atoms with Crippen LogP contribution in [0.25, 0.3) is 0 Å². The minimum absolute atomic E-state index is 0.0337. The molecular formula is C23H20Cl3N5O3. The molecule has 1 saturated heterocycles. The van der Waals surface area contributed by atoms with Gasteiger partial charge in [-0.2, -0.15) is 5.10 Å². The fraction of sp³-hybridized carbons (Fsp3) is 0.217. The van der Waals surface area contributed by atoms with Crippen LogP contribution in [0.3, 0.4) is 0 Å². The Morgan fingerprint density at radius 1 is 0.971 bits per heavy atom. The number of hydrogen-bond acceptors (Lipinski definition) is 5. The summed E-state index contributed by atoms with van der Waals surface area (Å²) in [4.78, 5) is 39.0. The number of carbonyl (C=O) groups is 3. The number of nitrogens with zero attached hydrogens (tertiary/aromatic N) is 2. The predicted molar refractivity (Wildman–Crippen MR) is 131 cm³/mol. The van der Waals surface area contributed by atoms with Crippen LogP contribution >= 0.6 is 34.8 Å². The van der Waals surface area contributed by atoms with Crippen LogP contribution < -0.4 is 16.0 Å². The molecule has 0 saturated carbocycles. The molecule has 2 aromatic carbocycles. The highest BCUT2D eigenvalue weighted by atomic mass is 35.5. The molecule has 3 aromatic rings. The van der Waals surface area contributed by atoms with E-state index in [1.54, 1.807) is 24.3 Å². The molecule has 0 atom stereocenters. The summed E-state index contributed by atoms with van der Waals surface area (Å²) in [7, 11) is 0. The van der Waals surface area contributed by atoms with Gasteiger partial charge in [-0.15, -0.1) is 0 Å². The number of amides is 2. The molecule has 34 heavy (non-hydrogen) atoms. The lowest BCUT2D eigenvalue weighted by Crippen LogP contribution is -2.43. The lowest BCUT2D eigenvalue weighted by molar-refractivity contribution is 0.0921. The summed E-state index contributed by atoms with van der Waals surface area (Å²) in [5.74, 6) is -1.67. The van der Waals surface area contributed by atoms with Crippen molar-refractivity contribution in [3.63, 3.8) is 0 Å². The first kappa shape index (κ1) is 24.2. The van der Waals surface area contributed by atoms with Gasteiger partial charge in [0.05, 0.1) is 27.5 Å². The molecule has 0 unspecified atom stereocenters. The summed E-state index contributed by atoms with van der Waals surface area (Å²) in [5.41, 5.74) is 0.273. The van der Waals surface area contributed by atoms with Gasteiger partial charge in [-0.3, -0.25) is 14.4 Å². The molecule has 1 aromatic heterocycles. The van der Waals surface area contributed by atoms with Gasteiger partial charge in [0.1, 0.15) is 0 Å². The van der Waals surface area contributed by atoms with Gasteiger partial charge in [-0.25, -0.2) is 4.68 Å². The van der Waals surface area contributed by atoms with E-state index in [4.69, 9.17) is 34.8 Å². The summed E-state index contributed by atoms with van der Waals surface area (Å²) < 4.78 is 0.942. The minimum Gasteiger partial charge on any atom is -0.348 e. The van der Waals surface area contributed by atoms with E-state index in [0.717, 1.165) is 30.6 Å². The zero-order valence-electron chi connectivity index (χ0n) is 17.8. The number of nitrogens with one attached hydrogen (secondary N) is 3. The monoisotopic (exact) mass is 519 g/mol. The van der Waals surface area contributed by atoms with Crippen molar-refractivity contribution in [3.05, 3.63) is 80.6 Å². The number of halogens is 3. The Kier molecular flexibility index (Phi) is 7.53. The minimum atomic E-state index is -0.644. The van der Waals surface area contributed by atoms with Crippen LogP contribution in [0.5, 0.6) is 0 Å². The van der Waals surface area contributed by atoms with E-state index in [2.05, 4.69) is 21.0 Å². The van der Waals surface area contributed by atoms with Gasteiger partial charge in [0.2, 0.25) is 0 Å². The largest absolute Gasteiger partial charge is 0.348 e. The molecule has 2 amide bonds. The fourth-order valence-electron chi connectivity index (χ4n) is 3.60. The predicted octanol–water partition coefficient (Wildman–Crippen LogP) is 4.27. The first-order valence-corrected chi connectivity index (χ1v) is 11.6. The van der Waals surface area contributed by atoms with Gasteiger partial charge < -0.3 is 16.0 Å². The van der Waals surface area contributed by atoms with Gasteiger partial charge in [0.15, 0.2) is 5.69 Å². The third-order valence-corrected chi connectivity index (χ3v) is 6.19. The van der Waals surface area contributed by atoms with Crippen molar-refractivity contribution < 1.29 is 14.4 Å². The topological polar surface area (TPSA) is 105 Å². The molecule has 3 N–H and O–H groups in total. The number of aromatic nitrogens is 2. The van der Waals surface area contributed by atoms with Gasteiger partial charge in [-0.05, 0) is 56.3 Å². The number of rotatable bonds is 5. The third kappa shape index (κ3) is 5.42. The van der Waals surface area contributed by atoms with Crippen LogP contribution in [0.4, 0.5) is 5.69 Å².